The summed E-state index contributed by atoms with van der Waals surface area (Å²) >= 11 is 0. The Morgan fingerprint density at radius 3 is 2.68 bits per heavy atom. The van der Waals surface area contributed by atoms with Crippen LogP contribution in [0.5, 0.6) is 5.75 Å². The lowest BCUT2D eigenvalue weighted by molar-refractivity contribution is -0.132. The molecule has 1 aliphatic heterocycles. The van der Waals surface area contributed by atoms with E-state index in [0.717, 1.165) is 42.6 Å². The molecule has 1 aliphatic carbocycles. The van der Waals surface area contributed by atoms with Crippen LogP contribution in [0.3, 0.4) is 0 Å². The van der Waals surface area contributed by atoms with Gasteiger partial charge in [-0.3, -0.25) is 9.69 Å². The minimum Gasteiger partial charge on any atom is -0.493 e. The van der Waals surface area contributed by atoms with Crippen LogP contribution in [0.25, 0.3) is 0 Å². The average molecular weight is 344 g/mol. The largest absolute Gasteiger partial charge is 0.493 e. The van der Waals surface area contributed by atoms with E-state index in [1.54, 1.807) is 0 Å². The van der Waals surface area contributed by atoms with Gasteiger partial charge in [-0.25, -0.2) is 4.79 Å². The van der Waals surface area contributed by atoms with Crippen molar-refractivity contribution in [2.45, 2.75) is 58.4 Å². The SMILES string of the molecule is Cc1ccc(C)c(OCCCN2C(=O)NC3(CCC(C)CC3)C2=O)c1. The Balaban J connectivity index is 1.52. The second kappa shape index (κ2) is 7.06. The summed E-state index contributed by atoms with van der Waals surface area (Å²) in [5.74, 6) is 1.46. The van der Waals surface area contributed by atoms with Gasteiger partial charge in [0.2, 0.25) is 0 Å². The number of carbonyl (C=O) groups is 2. The first-order valence-corrected chi connectivity index (χ1v) is 9.25. The number of amides is 3. The Kier molecular flexibility index (Phi) is 5.02. The highest BCUT2D eigenvalue weighted by molar-refractivity contribution is 6.07. The van der Waals surface area contributed by atoms with Gasteiger partial charge in [-0.2, -0.15) is 0 Å². The lowest BCUT2D eigenvalue weighted by Crippen LogP contribution is -2.49. The van der Waals surface area contributed by atoms with Gasteiger partial charge in [0.25, 0.3) is 5.91 Å². The summed E-state index contributed by atoms with van der Waals surface area (Å²) in [7, 11) is 0. The number of urea groups is 1. The molecule has 25 heavy (non-hydrogen) atoms. The number of rotatable bonds is 5. The third kappa shape index (κ3) is 3.65. The molecule has 1 saturated heterocycles. The maximum atomic E-state index is 12.8. The van der Waals surface area contributed by atoms with Crippen LogP contribution in [0.2, 0.25) is 0 Å². The Morgan fingerprint density at radius 1 is 1.24 bits per heavy atom. The molecule has 5 nitrogen and oxygen atoms in total. The predicted molar refractivity (Wildman–Crippen MR) is 96.6 cm³/mol. The van der Waals surface area contributed by atoms with Crippen LogP contribution < -0.4 is 10.1 Å². The second-order valence-electron chi connectivity index (χ2n) is 7.62. The third-order valence-corrected chi connectivity index (χ3v) is 5.50. The fourth-order valence-corrected chi connectivity index (χ4v) is 3.74. The summed E-state index contributed by atoms with van der Waals surface area (Å²) in [6.45, 7) is 7.15. The van der Waals surface area contributed by atoms with Crippen LogP contribution in [-0.2, 0) is 4.79 Å². The normalized spacial score (nSPS) is 26.2. The van der Waals surface area contributed by atoms with Gasteiger partial charge in [-0.15, -0.1) is 0 Å². The fourth-order valence-electron chi connectivity index (χ4n) is 3.74. The van der Waals surface area contributed by atoms with Crippen molar-refractivity contribution in [3.63, 3.8) is 0 Å². The van der Waals surface area contributed by atoms with E-state index in [-0.39, 0.29) is 11.9 Å². The van der Waals surface area contributed by atoms with Gasteiger partial charge in [0.1, 0.15) is 11.3 Å². The summed E-state index contributed by atoms with van der Waals surface area (Å²) in [6.07, 6.45) is 4.15. The fraction of sp³-hybridized carbons (Fsp3) is 0.600. The third-order valence-electron chi connectivity index (χ3n) is 5.50. The first kappa shape index (κ1) is 17.8. The highest BCUT2D eigenvalue weighted by atomic mass is 16.5. The Labute approximate surface area is 149 Å². The second-order valence-corrected chi connectivity index (χ2v) is 7.62. The molecule has 1 heterocycles. The monoisotopic (exact) mass is 344 g/mol. The van der Waals surface area contributed by atoms with Crippen molar-refractivity contribution in [2.75, 3.05) is 13.2 Å². The Bertz CT molecular complexity index is 663. The van der Waals surface area contributed by atoms with Crippen LogP contribution in [0, 0.1) is 19.8 Å². The van der Waals surface area contributed by atoms with E-state index in [1.807, 2.05) is 26.0 Å². The number of imide groups is 1. The molecule has 136 valence electrons. The summed E-state index contributed by atoms with van der Waals surface area (Å²) in [5, 5.41) is 2.96. The zero-order valence-electron chi connectivity index (χ0n) is 15.4. The van der Waals surface area contributed by atoms with Crippen LogP contribution in [-0.4, -0.2) is 35.5 Å². The maximum absolute atomic E-state index is 12.8. The Morgan fingerprint density at radius 2 is 1.96 bits per heavy atom. The molecule has 0 radical (unpaired) electrons. The van der Waals surface area contributed by atoms with Crippen molar-refractivity contribution in [1.82, 2.24) is 10.2 Å². The standard InChI is InChI=1S/C20H28N2O3/c1-14-7-9-20(10-8-14)18(23)22(19(24)21-20)11-4-12-25-17-13-15(2)5-6-16(17)3/h5-6,13-14H,4,7-12H2,1-3H3,(H,21,24). The molecular weight excluding hydrogens is 316 g/mol. The zero-order chi connectivity index (χ0) is 18.0. The van der Waals surface area contributed by atoms with Crippen molar-refractivity contribution in [2.24, 2.45) is 5.92 Å². The van der Waals surface area contributed by atoms with E-state index in [1.165, 1.54) is 4.90 Å². The van der Waals surface area contributed by atoms with Crippen molar-refractivity contribution >= 4 is 11.9 Å². The molecule has 1 N–H and O–H groups in total. The van der Waals surface area contributed by atoms with Gasteiger partial charge < -0.3 is 10.1 Å². The molecule has 0 atom stereocenters. The molecule has 2 aliphatic rings. The van der Waals surface area contributed by atoms with Crippen LogP contribution >= 0.6 is 0 Å². The topological polar surface area (TPSA) is 58.6 Å². The lowest BCUT2D eigenvalue weighted by Gasteiger charge is -2.33. The summed E-state index contributed by atoms with van der Waals surface area (Å²) in [5.41, 5.74) is 1.61. The smallest absolute Gasteiger partial charge is 0.325 e. The summed E-state index contributed by atoms with van der Waals surface area (Å²) < 4.78 is 5.83. The number of hydrogen-bond donors (Lipinski definition) is 1. The quantitative estimate of drug-likeness (QED) is 0.656. The number of nitrogens with one attached hydrogen (secondary N) is 1. The van der Waals surface area contributed by atoms with Crippen LogP contribution in [0.15, 0.2) is 18.2 Å². The average Bonchev–Trinajstić information content (AvgIpc) is 2.81. The van der Waals surface area contributed by atoms with Gasteiger partial charge >= 0.3 is 6.03 Å². The summed E-state index contributed by atoms with van der Waals surface area (Å²) in [4.78, 5) is 26.4. The molecule has 3 rings (SSSR count). The van der Waals surface area contributed by atoms with Gasteiger partial charge in [0.15, 0.2) is 0 Å². The molecule has 2 fully saturated rings. The number of hydrogen-bond acceptors (Lipinski definition) is 3. The molecule has 0 aromatic heterocycles. The molecule has 1 spiro atoms. The first-order valence-electron chi connectivity index (χ1n) is 9.25. The van der Waals surface area contributed by atoms with Crippen molar-refractivity contribution in [1.29, 1.82) is 0 Å². The molecule has 1 aromatic carbocycles. The van der Waals surface area contributed by atoms with Gasteiger partial charge in [0, 0.05) is 6.54 Å². The van der Waals surface area contributed by atoms with E-state index in [4.69, 9.17) is 4.74 Å². The molecule has 0 bridgehead atoms. The van der Waals surface area contributed by atoms with Gasteiger partial charge in [-0.1, -0.05) is 19.1 Å². The van der Waals surface area contributed by atoms with E-state index >= 15 is 0 Å². The number of carbonyl (C=O) groups excluding carboxylic acids is 2. The highest BCUT2D eigenvalue weighted by Crippen LogP contribution is 2.36. The maximum Gasteiger partial charge on any atom is 0.325 e. The number of ether oxygens (including phenoxy) is 1. The van der Waals surface area contributed by atoms with Crippen molar-refractivity contribution in [3.05, 3.63) is 29.3 Å². The van der Waals surface area contributed by atoms with E-state index in [2.05, 4.69) is 18.3 Å². The predicted octanol–water partition coefficient (Wildman–Crippen LogP) is 3.57. The number of benzene rings is 1. The van der Waals surface area contributed by atoms with Gasteiger partial charge in [-0.05, 0) is 69.1 Å². The van der Waals surface area contributed by atoms with Crippen molar-refractivity contribution < 1.29 is 14.3 Å². The Hall–Kier alpha value is -2.04. The van der Waals surface area contributed by atoms with E-state index < -0.39 is 5.54 Å². The molecule has 3 amide bonds. The number of aryl methyl sites for hydroxylation is 2. The summed E-state index contributed by atoms with van der Waals surface area (Å²) in [6, 6.07) is 5.86. The first-order chi connectivity index (χ1) is 11.9. The van der Waals surface area contributed by atoms with Crippen molar-refractivity contribution in [3.8, 4) is 5.75 Å². The van der Waals surface area contributed by atoms with Gasteiger partial charge in [0.05, 0.1) is 6.61 Å². The molecule has 5 heteroatoms. The molecule has 0 unspecified atom stereocenters. The minimum absolute atomic E-state index is 0.0452. The zero-order valence-corrected chi connectivity index (χ0v) is 15.4. The van der Waals surface area contributed by atoms with E-state index in [9.17, 15) is 9.59 Å². The number of nitrogens with zero attached hydrogens (tertiary/aromatic N) is 1. The van der Waals surface area contributed by atoms with Crippen LogP contribution in [0.4, 0.5) is 4.79 Å². The molecule has 1 saturated carbocycles. The van der Waals surface area contributed by atoms with Crippen LogP contribution in [0.1, 0.15) is 50.2 Å². The lowest BCUT2D eigenvalue weighted by atomic mass is 9.77. The molecular formula is C20H28N2O3. The molecule has 1 aromatic rings. The van der Waals surface area contributed by atoms with E-state index in [0.29, 0.717) is 25.5 Å². The highest BCUT2D eigenvalue weighted by Gasteiger charge is 2.51. The minimum atomic E-state index is -0.641.